The van der Waals surface area contributed by atoms with Gasteiger partial charge in [0.05, 0.1) is 22.6 Å². The van der Waals surface area contributed by atoms with Crippen molar-refractivity contribution < 1.29 is 23.1 Å². The summed E-state index contributed by atoms with van der Waals surface area (Å²) in [5.74, 6) is -1.33. The van der Waals surface area contributed by atoms with E-state index in [2.05, 4.69) is 0 Å². The Labute approximate surface area is 123 Å². The van der Waals surface area contributed by atoms with Crippen molar-refractivity contribution in [3.63, 3.8) is 0 Å². The fourth-order valence-electron chi connectivity index (χ4n) is 2.47. The summed E-state index contributed by atoms with van der Waals surface area (Å²) in [5, 5.41) is 9.19. The maximum atomic E-state index is 12.7. The molecule has 0 aromatic heterocycles. The number of carbonyl (C=O) groups is 1. The third-order valence-corrected chi connectivity index (χ3v) is 5.64. The molecule has 0 aliphatic carbocycles. The van der Waals surface area contributed by atoms with Crippen LogP contribution in [0.3, 0.4) is 0 Å². The van der Waals surface area contributed by atoms with E-state index in [1.165, 1.54) is 23.5 Å². The predicted molar refractivity (Wildman–Crippen MR) is 76.6 cm³/mol. The lowest BCUT2D eigenvalue weighted by atomic mass is 10.2. The van der Waals surface area contributed by atoms with Gasteiger partial charge in [-0.2, -0.15) is 4.31 Å². The van der Waals surface area contributed by atoms with Crippen LogP contribution in [-0.2, 0) is 14.8 Å². The van der Waals surface area contributed by atoms with Crippen molar-refractivity contribution in [1.82, 2.24) is 4.31 Å². The summed E-state index contributed by atoms with van der Waals surface area (Å²) >= 11 is 0. The van der Waals surface area contributed by atoms with Crippen LogP contribution >= 0.6 is 0 Å². The molecule has 0 amide bonds. The van der Waals surface area contributed by atoms with Crippen LogP contribution in [0.15, 0.2) is 23.1 Å². The van der Waals surface area contributed by atoms with E-state index in [1.54, 1.807) is 6.92 Å². The first kappa shape index (κ1) is 15.7. The van der Waals surface area contributed by atoms with Crippen LogP contribution in [0.1, 0.15) is 23.7 Å². The quantitative estimate of drug-likeness (QED) is 0.794. The summed E-state index contributed by atoms with van der Waals surface area (Å²) in [6.07, 6.45) is 0.348. The molecule has 3 N–H and O–H groups in total. The molecule has 1 aliphatic heterocycles. The van der Waals surface area contributed by atoms with E-state index in [9.17, 15) is 18.3 Å². The van der Waals surface area contributed by atoms with Crippen LogP contribution in [0.5, 0.6) is 0 Å². The Morgan fingerprint density at radius 2 is 2.14 bits per heavy atom. The van der Waals surface area contributed by atoms with E-state index in [0.717, 1.165) is 6.07 Å². The molecule has 1 heterocycles. The molecule has 1 aromatic carbocycles. The third kappa shape index (κ3) is 2.87. The Morgan fingerprint density at radius 1 is 1.48 bits per heavy atom. The number of nitrogens with two attached hydrogens (primary N) is 1. The lowest BCUT2D eigenvalue weighted by molar-refractivity contribution is 0.0692. The molecule has 1 aromatic rings. The zero-order valence-electron chi connectivity index (χ0n) is 11.8. The number of hydrogen-bond donors (Lipinski definition) is 2. The number of ether oxygens (including phenoxy) is 1. The van der Waals surface area contributed by atoms with Gasteiger partial charge in [0.2, 0.25) is 10.0 Å². The zero-order chi connectivity index (χ0) is 15.8. The summed E-state index contributed by atoms with van der Waals surface area (Å²) in [6, 6.07) is 3.44. The van der Waals surface area contributed by atoms with Crippen molar-refractivity contribution in [2.75, 3.05) is 19.4 Å². The largest absolute Gasteiger partial charge is 0.478 e. The van der Waals surface area contributed by atoms with Crippen LogP contribution < -0.4 is 5.73 Å². The number of aromatic carboxylic acids is 1. The van der Waals surface area contributed by atoms with Gasteiger partial charge >= 0.3 is 5.97 Å². The molecule has 8 heteroatoms. The second-order valence-corrected chi connectivity index (χ2v) is 6.98. The van der Waals surface area contributed by atoms with Gasteiger partial charge in [-0.25, -0.2) is 13.2 Å². The number of benzene rings is 1. The first-order valence-corrected chi connectivity index (χ1v) is 7.91. The monoisotopic (exact) mass is 314 g/mol. The average Bonchev–Trinajstić information content (AvgIpc) is 2.83. The number of nitrogen functional groups attached to an aromatic ring is 1. The van der Waals surface area contributed by atoms with Crippen molar-refractivity contribution in [1.29, 1.82) is 0 Å². The van der Waals surface area contributed by atoms with Crippen LogP contribution in [0, 0.1) is 0 Å². The molecule has 0 bridgehead atoms. The third-order valence-electron chi connectivity index (χ3n) is 3.69. The molecular formula is C13H18N2O5S. The summed E-state index contributed by atoms with van der Waals surface area (Å²) in [5.41, 5.74) is 5.41. The topological polar surface area (TPSA) is 110 Å². The lowest BCUT2D eigenvalue weighted by Gasteiger charge is -2.26. The van der Waals surface area contributed by atoms with Crippen molar-refractivity contribution in [2.24, 2.45) is 0 Å². The number of rotatable bonds is 4. The Kier molecular flexibility index (Phi) is 4.22. The number of nitrogens with zero attached hydrogens (tertiary/aromatic N) is 1. The summed E-state index contributed by atoms with van der Waals surface area (Å²) in [4.78, 5) is 11.0. The minimum absolute atomic E-state index is 0.201. The second kappa shape index (κ2) is 5.63. The molecule has 2 atom stereocenters. The highest BCUT2D eigenvalue weighted by molar-refractivity contribution is 7.89. The van der Waals surface area contributed by atoms with Crippen LogP contribution in [0.4, 0.5) is 5.69 Å². The summed E-state index contributed by atoms with van der Waals surface area (Å²) < 4.78 is 31.9. The van der Waals surface area contributed by atoms with E-state index < -0.39 is 16.0 Å². The number of carboxylic acid groups (broad SMARTS) is 1. The Balaban J connectivity index is 2.46. The highest BCUT2D eigenvalue weighted by Crippen LogP contribution is 2.27. The normalized spacial score (nSPS) is 22.6. The van der Waals surface area contributed by atoms with Crippen LogP contribution in [0.2, 0.25) is 0 Å². The van der Waals surface area contributed by atoms with Gasteiger partial charge in [0.15, 0.2) is 0 Å². The molecule has 0 radical (unpaired) electrons. The maximum Gasteiger partial charge on any atom is 0.337 e. The number of carboxylic acids is 1. The highest BCUT2D eigenvalue weighted by Gasteiger charge is 2.36. The molecule has 0 saturated carbocycles. The number of likely N-dealkylation sites (N-methyl/N-ethyl adjacent to an activating group) is 1. The zero-order valence-corrected chi connectivity index (χ0v) is 12.6. The van der Waals surface area contributed by atoms with Gasteiger partial charge in [-0.1, -0.05) is 0 Å². The molecule has 116 valence electrons. The minimum atomic E-state index is -3.93. The minimum Gasteiger partial charge on any atom is -0.478 e. The summed E-state index contributed by atoms with van der Waals surface area (Å²) in [7, 11) is -2.49. The fraction of sp³-hybridized carbons (Fsp3) is 0.462. The Bertz CT molecular complexity index is 659. The van der Waals surface area contributed by atoms with E-state index in [1.807, 2.05) is 0 Å². The molecule has 0 spiro atoms. The smallest absolute Gasteiger partial charge is 0.337 e. The molecule has 7 nitrogen and oxygen atoms in total. The van der Waals surface area contributed by atoms with E-state index in [-0.39, 0.29) is 28.3 Å². The maximum absolute atomic E-state index is 12.7. The van der Waals surface area contributed by atoms with E-state index in [4.69, 9.17) is 10.5 Å². The van der Waals surface area contributed by atoms with Gasteiger partial charge in [-0.15, -0.1) is 0 Å². The number of anilines is 1. The second-order valence-electron chi connectivity index (χ2n) is 5.01. The molecular weight excluding hydrogens is 296 g/mol. The molecule has 1 fully saturated rings. The lowest BCUT2D eigenvalue weighted by Crippen LogP contribution is -2.41. The summed E-state index contributed by atoms with van der Waals surface area (Å²) in [6.45, 7) is 2.28. The first-order chi connectivity index (χ1) is 9.75. The molecule has 2 unspecified atom stereocenters. The van der Waals surface area contributed by atoms with E-state index in [0.29, 0.717) is 13.0 Å². The van der Waals surface area contributed by atoms with Gasteiger partial charge in [-0.3, -0.25) is 0 Å². The van der Waals surface area contributed by atoms with Gasteiger partial charge in [0.1, 0.15) is 0 Å². The molecule has 2 rings (SSSR count). The van der Waals surface area contributed by atoms with Crippen LogP contribution in [-0.4, -0.2) is 49.6 Å². The average molecular weight is 314 g/mol. The van der Waals surface area contributed by atoms with Crippen molar-refractivity contribution >= 4 is 21.7 Å². The Morgan fingerprint density at radius 3 is 2.67 bits per heavy atom. The number of sulfonamides is 1. The van der Waals surface area contributed by atoms with Gasteiger partial charge in [0, 0.05) is 19.3 Å². The Hall–Kier alpha value is -1.64. The van der Waals surface area contributed by atoms with Gasteiger partial charge in [-0.05, 0) is 31.5 Å². The van der Waals surface area contributed by atoms with Crippen molar-refractivity contribution in [2.45, 2.75) is 30.4 Å². The molecule has 21 heavy (non-hydrogen) atoms. The molecule has 1 aliphatic rings. The number of hydrogen-bond acceptors (Lipinski definition) is 5. The van der Waals surface area contributed by atoms with Crippen molar-refractivity contribution in [3.8, 4) is 0 Å². The van der Waals surface area contributed by atoms with Gasteiger partial charge < -0.3 is 15.6 Å². The molecule has 1 saturated heterocycles. The fourth-order valence-corrected chi connectivity index (χ4v) is 4.08. The predicted octanol–water partition coefficient (Wildman–Crippen LogP) is 0.765. The van der Waals surface area contributed by atoms with Crippen molar-refractivity contribution in [3.05, 3.63) is 23.8 Å². The van der Waals surface area contributed by atoms with E-state index >= 15 is 0 Å². The standard InChI is InChI=1S/C13H18N2O5S/c1-8-11(5-6-20-8)15(2)21(18,19)12-4-3-9(14)7-10(12)13(16)17/h3-4,7-8,11H,5-6,14H2,1-2H3,(H,16,17). The first-order valence-electron chi connectivity index (χ1n) is 6.47. The van der Waals surface area contributed by atoms with Crippen LogP contribution in [0.25, 0.3) is 0 Å². The highest BCUT2D eigenvalue weighted by atomic mass is 32.2. The SMILES string of the molecule is CC1OCCC1N(C)S(=O)(=O)c1ccc(N)cc1C(=O)O. The van der Waals surface area contributed by atoms with Gasteiger partial charge in [0.25, 0.3) is 0 Å².